The van der Waals surface area contributed by atoms with Crippen molar-refractivity contribution >= 4 is 31.5 Å². The standard InChI is InChI=1S/C42H29N3OS/c1-42(2)35-16-10-9-15-31(35)32-20-17-28(23-36(32)46-42)29-18-21-33-34-22-19-30(25-38(34)47-37(33)24-29)41-44-39(26-11-5-3-6-12-26)43-40(45-41)27-13-7-4-8-14-27/h3-25H,1-2H3. The second-order valence-corrected chi connectivity index (χ2v) is 13.5. The summed E-state index contributed by atoms with van der Waals surface area (Å²) in [6, 6.07) is 48.6. The number of fused-ring (bicyclic) bond motifs is 6. The summed E-state index contributed by atoms with van der Waals surface area (Å²) in [5.41, 5.74) is 8.42. The molecule has 4 nitrogen and oxygen atoms in total. The third kappa shape index (κ3) is 4.79. The Labute approximate surface area is 277 Å². The SMILES string of the molecule is CC1(C)Oc2cc(-c3ccc4c(c3)sc3cc(-c5nc(-c6ccccc6)nc(-c6ccccc6)n5)ccc34)ccc2-c2ccccc21. The van der Waals surface area contributed by atoms with Crippen LogP contribution in [0.25, 0.3) is 76.6 Å². The molecule has 1 aliphatic rings. The van der Waals surface area contributed by atoms with Crippen LogP contribution in [-0.4, -0.2) is 15.0 Å². The molecule has 0 bridgehead atoms. The van der Waals surface area contributed by atoms with Gasteiger partial charge in [0.05, 0.1) is 0 Å². The number of benzene rings is 6. The van der Waals surface area contributed by atoms with E-state index in [2.05, 4.69) is 92.7 Å². The molecule has 8 aromatic rings. The lowest BCUT2D eigenvalue weighted by Gasteiger charge is -2.35. The molecule has 1 aliphatic heterocycles. The Bertz CT molecular complexity index is 2410. The molecule has 2 aromatic heterocycles. The normalized spacial score (nSPS) is 13.2. The second-order valence-electron chi connectivity index (χ2n) is 12.4. The van der Waals surface area contributed by atoms with Crippen molar-refractivity contribution in [1.82, 2.24) is 15.0 Å². The molecule has 224 valence electrons. The van der Waals surface area contributed by atoms with Gasteiger partial charge in [-0.3, -0.25) is 0 Å². The fraction of sp³-hybridized carbons (Fsp3) is 0.0714. The Morgan fingerprint density at radius 3 is 1.64 bits per heavy atom. The molecule has 47 heavy (non-hydrogen) atoms. The van der Waals surface area contributed by atoms with E-state index < -0.39 is 5.60 Å². The Hall–Kier alpha value is -5.65. The van der Waals surface area contributed by atoms with Gasteiger partial charge in [-0.05, 0) is 48.7 Å². The lowest BCUT2D eigenvalue weighted by Crippen LogP contribution is -2.29. The van der Waals surface area contributed by atoms with Crippen LogP contribution >= 0.6 is 11.3 Å². The molecule has 3 heterocycles. The molecule has 9 rings (SSSR count). The molecule has 6 aromatic carbocycles. The van der Waals surface area contributed by atoms with Gasteiger partial charge >= 0.3 is 0 Å². The molecule has 0 saturated heterocycles. The maximum atomic E-state index is 6.56. The Balaban J connectivity index is 1.12. The predicted molar refractivity (Wildman–Crippen MR) is 194 cm³/mol. The van der Waals surface area contributed by atoms with E-state index >= 15 is 0 Å². The number of hydrogen-bond acceptors (Lipinski definition) is 5. The van der Waals surface area contributed by atoms with Gasteiger partial charge in [0.15, 0.2) is 17.5 Å². The van der Waals surface area contributed by atoms with Gasteiger partial charge in [0.1, 0.15) is 11.4 Å². The highest BCUT2D eigenvalue weighted by Gasteiger charge is 2.32. The summed E-state index contributed by atoms with van der Waals surface area (Å²) in [6.45, 7) is 4.28. The van der Waals surface area contributed by atoms with Gasteiger partial charge < -0.3 is 4.74 Å². The molecule has 0 spiro atoms. The van der Waals surface area contributed by atoms with Gasteiger partial charge in [-0.15, -0.1) is 11.3 Å². The third-order valence-electron chi connectivity index (χ3n) is 8.98. The summed E-state index contributed by atoms with van der Waals surface area (Å²) in [7, 11) is 0. The first-order chi connectivity index (χ1) is 23.0. The van der Waals surface area contributed by atoms with Crippen molar-refractivity contribution in [1.29, 1.82) is 0 Å². The van der Waals surface area contributed by atoms with E-state index in [4.69, 9.17) is 19.7 Å². The molecule has 0 N–H and O–H groups in total. The van der Waals surface area contributed by atoms with Gasteiger partial charge in [-0.2, -0.15) is 0 Å². The maximum absolute atomic E-state index is 6.56. The molecule has 0 atom stereocenters. The summed E-state index contributed by atoms with van der Waals surface area (Å²) in [5.74, 6) is 2.92. The highest BCUT2D eigenvalue weighted by Crippen LogP contribution is 2.47. The molecule has 0 fully saturated rings. The molecule has 0 amide bonds. The van der Waals surface area contributed by atoms with Crippen molar-refractivity contribution in [3.63, 3.8) is 0 Å². The Morgan fingerprint density at radius 2 is 0.979 bits per heavy atom. The van der Waals surface area contributed by atoms with Gasteiger partial charge in [0, 0.05) is 48.0 Å². The maximum Gasteiger partial charge on any atom is 0.164 e. The summed E-state index contributed by atoms with van der Waals surface area (Å²) in [4.78, 5) is 14.7. The zero-order valence-electron chi connectivity index (χ0n) is 25.9. The number of thiophene rings is 1. The van der Waals surface area contributed by atoms with E-state index in [1.807, 2.05) is 60.7 Å². The van der Waals surface area contributed by atoms with Crippen molar-refractivity contribution in [3.8, 4) is 62.2 Å². The van der Waals surface area contributed by atoms with E-state index in [0.29, 0.717) is 17.5 Å². The molecular formula is C42H29N3OS. The second kappa shape index (κ2) is 10.7. The van der Waals surface area contributed by atoms with Crippen LogP contribution in [0.2, 0.25) is 0 Å². The first kappa shape index (κ1) is 27.6. The van der Waals surface area contributed by atoms with Crippen LogP contribution in [0.4, 0.5) is 0 Å². The van der Waals surface area contributed by atoms with Gasteiger partial charge in [0.2, 0.25) is 0 Å². The average molecular weight is 624 g/mol. The van der Waals surface area contributed by atoms with Crippen molar-refractivity contribution in [2.24, 2.45) is 0 Å². The predicted octanol–water partition coefficient (Wildman–Crippen LogP) is 11.2. The van der Waals surface area contributed by atoms with Crippen LogP contribution in [0, 0.1) is 0 Å². The molecule has 0 radical (unpaired) electrons. The van der Waals surface area contributed by atoms with E-state index in [0.717, 1.165) is 33.6 Å². The monoisotopic (exact) mass is 623 g/mol. The van der Waals surface area contributed by atoms with Crippen LogP contribution in [0.5, 0.6) is 5.75 Å². The zero-order valence-corrected chi connectivity index (χ0v) is 26.8. The number of rotatable bonds is 4. The molecule has 0 aliphatic carbocycles. The van der Waals surface area contributed by atoms with Crippen LogP contribution < -0.4 is 4.74 Å². The molecular weight excluding hydrogens is 595 g/mol. The van der Waals surface area contributed by atoms with Gasteiger partial charge in [0.25, 0.3) is 0 Å². The molecule has 0 saturated carbocycles. The van der Waals surface area contributed by atoms with Crippen LogP contribution in [0.3, 0.4) is 0 Å². The number of nitrogens with zero attached hydrogens (tertiary/aromatic N) is 3. The fourth-order valence-corrected chi connectivity index (χ4v) is 7.80. The Morgan fingerprint density at radius 1 is 0.468 bits per heavy atom. The number of aromatic nitrogens is 3. The third-order valence-corrected chi connectivity index (χ3v) is 10.1. The minimum Gasteiger partial charge on any atom is -0.482 e. The van der Waals surface area contributed by atoms with Crippen molar-refractivity contribution in [2.75, 3.05) is 0 Å². The van der Waals surface area contributed by atoms with E-state index in [1.54, 1.807) is 11.3 Å². The highest BCUT2D eigenvalue weighted by molar-refractivity contribution is 7.25. The van der Waals surface area contributed by atoms with E-state index in [-0.39, 0.29) is 0 Å². The average Bonchev–Trinajstić information content (AvgIpc) is 3.49. The zero-order chi connectivity index (χ0) is 31.5. The van der Waals surface area contributed by atoms with Gasteiger partial charge in [-0.25, -0.2) is 15.0 Å². The lowest BCUT2D eigenvalue weighted by molar-refractivity contribution is 0.106. The smallest absolute Gasteiger partial charge is 0.164 e. The number of ether oxygens (including phenoxy) is 1. The summed E-state index contributed by atoms with van der Waals surface area (Å²) in [5, 5.41) is 2.48. The summed E-state index contributed by atoms with van der Waals surface area (Å²) in [6.07, 6.45) is 0. The largest absolute Gasteiger partial charge is 0.482 e. The first-order valence-electron chi connectivity index (χ1n) is 15.8. The Kier molecular flexibility index (Phi) is 6.30. The highest BCUT2D eigenvalue weighted by atomic mass is 32.1. The fourth-order valence-electron chi connectivity index (χ4n) is 6.62. The van der Waals surface area contributed by atoms with Crippen molar-refractivity contribution in [2.45, 2.75) is 19.4 Å². The van der Waals surface area contributed by atoms with Crippen molar-refractivity contribution < 1.29 is 4.74 Å². The topological polar surface area (TPSA) is 47.9 Å². The summed E-state index contributed by atoms with van der Waals surface area (Å²) < 4.78 is 9.00. The first-order valence-corrected chi connectivity index (χ1v) is 16.6. The van der Waals surface area contributed by atoms with Gasteiger partial charge in [-0.1, -0.05) is 121 Å². The minimum absolute atomic E-state index is 0.391. The number of hydrogen-bond donors (Lipinski definition) is 0. The molecule has 5 heteroatoms. The van der Waals surface area contributed by atoms with Crippen LogP contribution in [0.1, 0.15) is 19.4 Å². The lowest BCUT2D eigenvalue weighted by atomic mass is 9.85. The quantitative estimate of drug-likeness (QED) is 0.196. The van der Waals surface area contributed by atoms with Crippen LogP contribution in [-0.2, 0) is 5.60 Å². The van der Waals surface area contributed by atoms with Crippen molar-refractivity contribution in [3.05, 3.63) is 145 Å². The van der Waals surface area contributed by atoms with E-state index in [9.17, 15) is 0 Å². The van der Waals surface area contributed by atoms with Crippen LogP contribution in [0.15, 0.2) is 140 Å². The minimum atomic E-state index is -0.391. The van der Waals surface area contributed by atoms with E-state index in [1.165, 1.54) is 36.9 Å². The molecule has 0 unspecified atom stereocenters. The summed E-state index contributed by atoms with van der Waals surface area (Å²) >= 11 is 1.80.